The predicted octanol–water partition coefficient (Wildman–Crippen LogP) is 0.858. The number of rotatable bonds is 0. The van der Waals surface area contributed by atoms with Crippen molar-refractivity contribution >= 4 is 55.0 Å². The second-order valence-corrected chi connectivity index (χ2v) is 1.37. The fraction of sp³-hybridized carbons (Fsp3) is 0. The van der Waals surface area contributed by atoms with E-state index in [-0.39, 0.29) is 51.7 Å². The molecule has 0 aliphatic heterocycles. The van der Waals surface area contributed by atoms with E-state index in [1.165, 1.54) is 12.4 Å². The van der Waals surface area contributed by atoms with Crippen LogP contribution in [0.5, 0.6) is 0 Å². The van der Waals surface area contributed by atoms with Crippen molar-refractivity contribution in [2.24, 2.45) is 0 Å². The Bertz CT molecular complexity index is 190. The van der Waals surface area contributed by atoms with Gasteiger partial charge in [-0.2, -0.15) is 0 Å². The van der Waals surface area contributed by atoms with Gasteiger partial charge in [0.2, 0.25) is 0 Å². The van der Waals surface area contributed by atoms with Crippen LogP contribution < -0.4 is 0 Å². The standard InChI is InChI=1S/C5H5NO2.Ba.2H/c7-5(8)6-3-1-2-4-6;;;/h1-4H,(H,7,8);;;/q;+2;2*-1. The maximum absolute atomic E-state index is 10.0. The van der Waals surface area contributed by atoms with Crippen molar-refractivity contribution in [1.82, 2.24) is 4.57 Å². The summed E-state index contributed by atoms with van der Waals surface area (Å²) in [5, 5.41) is 8.24. The number of nitrogens with zero attached hydrogens (tertiary/aromatic N) is 1. The van der Waals surface area contributed by atoms with E-state index >= 15 is 0 Å². The molecule has 46 valence electrons. The number of hydrogen-bond donors (Lipinski definition) is 1. The first-order valence-corrected chi connectivity index (χ1v) is 2.17. The van der Waals surface area contributed by atoms with Crippen LogP contribution >= 0.6 is 0 Å². The van der Waals surface area contributed by atoms with Crippen LogP contribution in [0.1, 0.15) is 2.85 Å². The average molecular weight is 250 g/mol. The number of hydrogen-bond acceptors (Lipinski definition) is 1. The van der Waals surface area contributed by atoms with E-state index in [1.54, 1.807) is 12.1 Å². The van der Waals surface area contributed by atoms with Gasteiger partial charge in [0.05, 0.1) is 0 Å². The summed E-state index contributed by atoms with van der Waals surface area (Å²) in [6.45, 7) is 0. The van der Waals surface area contributed by atoms with Crippen molar-refractivity contribution in [3.05, 3.63) is 24.5 Å². The Labute approximate surface area is 95.7 Å². The van der Waals surface area contributed by atoms with E-state index < -0.39 is 6.09 Å². The van der Waals surface area contributed by atoms with Crippen LogP contribution in [0.3, 0.4) is 0 Å². The zero-order valence-electron chi connectivity index (χ0n) is 6.82. The molecule has 1 N–H and O–H groups in total. The van der Waals surface area contributed by atoms with E-state index in [2.05, 4.69) is 0 Å². The minimum Gasteiger partial charge on any atom is -1.00 e. The molecule has 0 atom stereocenters. The van der Waals surface area contributed by atoms with Gasteiger partial charge < -0.3 is 7.96 Å². The van der Waals surface area contributed by atoms with Crippen LogP contribution in [0.2, 0.25) is 0 Å². The largest absolute Gasteiger partial charge is 2.00 e. The van der Waals surface area contributed by atoms with E-state index in [1.807, 2.05) is 0 Å². The molecule has 1 aromatic heterocycles. The van der Waals surface area contributed by atoms with Crippen LogP contribution in [0, 0.1) is 0 Å². The van der Waals surface area contributed by atoms with E-state index in [9.17, 15) is 4.79 Å². The third-order valence-corrected chi connectivity index (χ3v) is 0.825. The Morgan fingerprint density at radius 2 is 1.89 bits per heavy atom. The van der Waals surface area contributed by atoms with Crippen molar-refractivity contribution < 1.29 is 12.8 Å². The number of carbonyl (C=O) groups is 1. The molecule has 0 fully saturated rings. The van der Waals surface area contributed by atoms with E-state index in [0.717, 1.165) is 4.57 Å². The molecule has 0 saturated carbocycles. The zero-order valence-corrected chi connectivity index (χ0v) is 9.26. The summed E-state index contributed by atoms with van der Waals surface area (Å²) in [5.74, 6) is 0. The third-order valence-electron chi connectivity index (χ3n) is 0.825. The van der Waals surface area contributed by atoms with Crippen molar-refractivity contribution in [3.8, 4) is 0 Å². The second-order valence-electron chi connectivity index (χ2n) is 1.37. The summed E-state index contributed by atoms with van der Waals surface area (Å²) < 4.78 is 1.08. The van der Waals surface area contributed by atoms with Crippen LogP contribution in [0.4, 0.5) is 4.79 Å². The molecular weight excluding hydrogens is 243 g/mol. The molecule has 1 heterocycles. The Morgan fingerprint density at radius 1 is 1.44 bits per heavy atom. The van der Waals surface area contributed by atoms with Gasteiger partial charge in [-0.1, -0.05) is 0 Å². The maximum atomic E-state index is 10.0. The van der Waals surface area contributed by atoms with Gasteiger partial charge in [-0.05, 0) is 12.1 Å². The molecule has 0 unspecified atom stereocenters. The maximum Gasteiger partial charge on any atom is 2.00 e. The smallest absolute Gasteiger partial charge is 1.00 e. The van der Waals surface area contributed by atoms with Crippen molar-refractivity contribution in [3.63, 3.8) is 0 Å². The monoisotopic (exact) mass is 251 g/mol. The molecule has 0 amide bonds. The minimum absolute atomic E-state index is 0. The molecule has 0 bridgehead atoms. The average Bonchev–Trinajstić information content (AvgIpc) is 2.12. The molecule has 0 radical (unpaired) electrons. The summed E-state index contributed by atoms with van der Waals surface area (Å²) in [7, 11) is 0. The topological polar surface area (TPSA) is 42.2 Å². The minimum atomic E-state index is -0.949. The Balaban J connectivity index is -0.000000213. The van der Waals surface area contributed by atoms with Crippen LogP contribution in [0.15, 0.2) is 24.5 Å². The molecule has 1 aromatic rings. The van der Waals surface area contributed by atoms with Crippen molar-refractivity contribution in [1.29, 1.82) is 0 Å². The van der Waals surface area contributed by atoms with E-state index in [4.69, 9.17) is 5.11 Å². The van der Waals surface area contributed by atoms with Crippen LogP contribution in [0.25, 0.3) is 0 Å². The normalized spacial score (nSPS) is 8.00. The first kappa shape index (κ1) is 9.32. The van der Waals surface area contributed by atoms with Gasteiger partial charge >= 0.3 is 55.0 Å². The fourth-order valence-electron chi connectivity index (χ4n) is 0.462. The van der Waals surface area contributed by atoms with Gasteiger partial charge in [-0.25, -0.2) is 4.79 Å². The second kappa shape index (κ2) is 4.19. The SMILES string of the molecule is O=C(O)n1cccc1.[Ba+2].[H-].[H-]. The quantitative estimate of drug-likeness (QED) is 0.694. The molecular formula is C5H7BaNO2. The van der Waals surface area contributed by atoms with Gasteiger partial charge in [-0.15, -0.1) is 0 Å². The molecule has 0 aliphatic rings. The third kappa shape index (κ3) is 2.59. The Kier molecular flexibility index (Phi) is 4.34. The molecule has 1 rings (SSSR count). The number of carboxylic acid groups (broad SMARTS) is 1. The summed E-state index contributed by atoms with van der Waals surface area (Å²) in [5.41, 5.74) is 0. The van der Waals surface area contributed by atoms with Gasteiger partial charge in [0, 0.05) is 12.4 Å². The van der Waals surface area contributed by atoms with Gasteiger partial charge in [0.25, 0.3) is 0 Å². The van der Waals surface area contributed by atoms with Gasteiger partial charge in [0.15, 0.2) is 0 Å². The summed E-state index contributed by atoms with van der Waals surface area (Å²) in [6.07, 6.45) is 2.00. The Morgan fingerprint density at radius 3 is 2.11 bits per heavy atom. The number of aromatic nitrogens is 1. The van der Waals surface area contributed by atoms with Crippen molar-refractivity contribution in [2.45, 2.75) is 0 Å². The molecule has 9 heavy (non-hydrogen) atoms. The fourth-order valence-corrected chi connectivity index (χ4v) is 0.462. The van der Waals surface area contributed by atoms with Crippen LogP contribution in [-0.2, 0) is 0 Å². The predicted molar refractivity (Wildman–Crippen MR) is 35.8 cm³/mol. The van der Waals surface area contributed by atoms with Gasteiger partial charge in [0.1, 0.15) is 0 Å². The van der Waals surface area contributed by atoms with Crippen molar-refractivity contribution in [2.75, 3.05) is 0 Å². The molecule has 0 spiro atoms. The molecule has 0 aliphatic carbocycles. The Hall–Kier alpha value is 0.321. The summed E-state index contributed by atoms with van der Waals surface area (Å²) >= 11 is 0. The molecule has 0 aromatic carbocycles. The summed E-state index contributed by atoms with van der Waals surface area (Å²) in [6, 6.07) is 3.32. The summed E-state index contributed by atoms with van der Waals surface area (Å²) in [4.78, 5) is 10.0. The first-order valence-electron chi connectivity index (χ1n) is 2.17. The van der Waals surface area contributed by atoms with Gasteiger partial charge in [-0.3, -0.25) is 4.57 Å². The zero-order chi connectivity index (χ0) is 5.98. The molecule has 3 nitrogen and oxygen atoms in total. The van der Waals surface area contributed by atoms with Crippen LogP contribution in [-0.4, -0.2) is 64.6 Å². The molecule has 4 heteroatoms. The first-order chi connectivity index (χ1) is 3.80. The molecule has 0 saturated heterocycles. The van der Waals surface area contributed by atoms with E-state index in [0.29, 0.717) is 0 Å².